The molecule has 0 spiro atoms. The van der Waals surface area contributed by atoms with Crippen LogP contribution in [0.2, 0.25) is 0 Å². The van der Waals surface area contributed by atoms with Crippen molar-refractivity contribution in [3.63, 3.8) is 0 Å². The topological polar surface area (TPSA) is 15.8 Å². The zero-order valence-corrected chi connectivity index (χ0v) is 10.6. The molecule has 0 aliphatic heterocycles. The molecule has 1 aromatic carbocycles. The number of aromatic nitrogens is 1. The number of hydrogen-bond donors (Lipinski definition) is 1. The number of aromatic amines is 1. The summed E-state index contributed by atoms with van der Waals surface area (Å²) in [7, 11) is 0. The van der Waals surface area contributed by atoms with Gasteiger partial charge in [-0.3, -0.25) is 0 Å². The number of H-pyrrole nitrogens is 1. The minimum absolute atomic E-state index is 0.982. The fourth-order valence-corrected chi connectivity index (χ4v) is 2.34. The lowest BCUT2D eigenvalue weighted by atomic mass is 10.3. The highest BCUT2D eigenvalue weighted by atomic mass is 79.9. The highest BCUT2D eigenvalue weighted by Crippen LogP contribution is 2.32. The van der Waals surface area contributed by atoms with Gasteiger partial charge in [0.1, 0.15) is 0 Å². The van der Waals surface area contributed by atoms with Crippen LogP contribution < -0.4 is 0 Å². The van der Waals surface area contributed by atoms with Crippen LogP contribution in [-0.4, -0.2) is 4.98 Å². The maximum atomic E-state index is 3.48. The van der Waals surface area contributed by atoms with Crippen LogP contribution in [-0.2, 0) is 0 Å². The zero-order chi connectivity index (χ0) is 8.72. The molecular weight excluding hydrogens is 350 g/mol. The Balaban J connectivity index is 2.87. The summed E-state index contributed by atoms with van der Waals surface area (Å²) in [6.45, 7) is 0. The second kappa shape index (κ2) is 3.16. The van der Waals surface area contributed by atoms with E-state index in [0.717, 1.165) is 19.1 Å². The molecule has 62 valence electrons. The molecule has 0 atom stereocenters. The van der Waals surface area contributed by atoms with Gasteiger partial charge in [-0.05, 0) is 44.0 Å². The highest BCUT2D eigenvalue weighted by Gasteiger charge is 2.05. The maximum absolute atomic E-state index is 3.48. The number of fused-ring (bicyclic) bond motifs is 1. The van der Waals surface area contributed by atoms with Crippen molar-refractivity contribution < 1.29 is 0 Å². The molecule has 2 aromatic rings. The Morgan fingerprint density at radius 3 is 2.58 bits per heavy atom. The van der Waals surface area contributed by atoms with Gasteiger partial charge in [-0.1, -0.05) is 22.0 Å². The summed E-state index contributed by atoms with van der Waals surface area (Å²) in [4.78, 5) is 3.21. The van der Waals surface area contributed by atoms with E-state index in [9.17, 15) is 0 Å². The zero-order valence-electron chi connectivity index (χ0n) is 5.87. The molecule has 12 heavy (non-hydrogen) atoms. The van der Waals surface area contributed by atoms with E-state index in [0.29, 0.717) is 0 Å². The van der Waals surface area contributed by atoms with E-state index < -0.39 is 0 Å². The van der Waals surface area contributed by atoms with Crippen molar-refractivity contribution in [1.29, 1.82) is 0 Å². The Morgan fingerprint density at radius 2 is 1.83 bits per heavy atom. The molecule has 0 fully saturated rings. The van der Waals surface area contributed by atoms with E-state index in [2.05, 4.69) is 58.8 Å². The largest absolute Gasteiger partial charge is 0.348 e. The Kier molecular flexibility index (Phi) is 2.31. The molecule has 0 aliphatic carbocycles. The first kappa shape index (κ1) is 8.78. The van der Waals surface area contributed by atoms with Crippen LogP contribution >= 0.6 is 47.8 Å². The first-order valence-electron chi connectivity index (χ1n) is 3.30. The first-order valence-corrected chi connectivity index (χ1v) is 5.68. The first-order chi connectivity index (χ1) is 5.68. The van der Waals surface area contributed by atoms with Crippen LogP contribution in [0, 0.1) is 0 Å². The van der Waals surface area contributed by atoms with Crippen LogP contribution in [0.5, 0.6) is 0 Å². The molecule has 0 amide bonds. The van der Waals surface area contributed by atoms with E-state index in [1.54, 1.807) is 0 Å². The third kappa shape index (κ3) is 1.36. The Morgan fingerprint density at radius 1 is 1.08 bits per heavy atom. The molecule has 4 heteroatoms. The lowest BCUT2D eigenvalue weighted by Gasteiger charge is -1.90. The maximum Gasteiger partial charge on any atom is 0.0975 e. The monoisotopic (exact) mass is 351 g/mol. The van der Waals surface area contributed by atoms with Crippen molar-refractivity contribution in [2.75, 3.05) is 0 Å². The number of rotatable bonds is 0. The molecular formula is C8H4Br3N. The van der Waals surface area contributed by atoms with E-state index in [4.69, 9.17) is 0 Å². The van der Waals surface area contributed by atoms with E-state index in [-0.39, 0.29) is 0 Å². The van der Waals surface area contributed by atoms with Gasteiger partial charge in [-0.15, -0.1) is 0 Å². The predicted molar refractivity (Wildman–Crippen MR) is 61.4 cm³/mol. The molecule has 0 saturated heterocycles. The summed E-state index contributed by atoms with van der Waals surface area (Å²) in [6.07, 6.45) is 0. The lowest BCUT2D eigenvalue weighted by molar-refractivity contribution is 1.40. The average Bonchev–Trinajstić information content (AvgIpc) is 2.28. The van der Waals surface area contributed by atoms with Crippen molar-refractivity contribution in [1.82, 2.24) is 4.98 Å². The molecule has 1 N–H and O–H groups in total. The van der Waals surface area contributed by atoms with E-state index >= 15 is 0 Å². The van der Waals surface area contributed by atoms with Gasteiger partial charge in [0.05, 0.1) is 9.08 Å². The van der Waals surface area contributed by atoms with Crippen LogP contribution in [0.1, 0.15) is 0 Å². The fraction of sp³-hybridized carbons (Fsp3) is 0. The molecule has 0 radical (unpaired) electrons. The minimum Gasteiger partial charge on any atom is -0.348 e. The fourth-order valence-electron chi connectivity index (χ4n) is 1.10. The van der Waals surface area contributed by atoms with Crippen molar-refractivity contribution in [3.05, 3.63) is 31.7 Å². The molecule has 1 nitrogen and oxygen atoms in total. The van der Waals surface area contributed by atoms with Crippen molar-refractivity contribution >= 4 is 58.7 Å². The second-order valence-electron chi connectivity index (χ2n) is 2.44. The summed E-state index contributed by atoms with van der Waals surface area (Å²) >= 11 is 10.3. The van der Waals surface area contributed by atoms with Crippen LogP contribution in [0.25, 0.3) is 10.9 Å². The molecule has 0 bridgehead atoms. The van der Waals surface area contributed by atoms with Gasteiger partial charge in [0.15, 0.2) is 0 Å². The van der Waals surface area contributed by atoms with Crippen LogP contribution in [0.4, 0.5) is 0 Å². The summed E-state index contributed by atoms with van der Waals surface area (Å²) < 4.78 is 3.14. The van der Waals surface area contributed by atoms with E-state index in [1.807, 2.05) is 12.1 Å². The van der Waals surface area contributed by atoms with Gasteiger partial charge in [-0.25, -0.2) is 0 Å². The second-order valence-corrected chi connectivity index (χ2v) is 4.94. The molecule has 0 aliphatic rings. The molecule has 1 aromatic heterocycles. The summed E-state index contributed by atoms with van der Waals surface area (Å²) in [6, 6.07) is 6.13. The smallest absolute Gasteiger partial charge is 0.0975 e. The normalized spacial score (nSPS) is 10.9. The van der Waals surface area contributed by atoms with Crippen molar-refractivity contribution in [3.8, 4) is 0 Å². The number of benzene rings is 1. The van der Waals surface area contributed by atoms with Gasteiger partial charge >= 0.3 is 0 Å². The van der Waals surface area contributed by atoms with Gasteiger partial charge in [0, 0.05) is 15.4 Å². The Labute approximate surface area is 94.9 Å². The van der Waals surface area contributed by atoms with Gasteiger partial charge in [-0.2, -0.15) is 0 Å². The number of halogens is 3. The van der Waals surface area contributed by atoms with Gasteiger partial charge in [0.25, 0.3) is 0 Å². The minimum atomic E-state index is 0.982. The highest BCUT2D eigenvalue weighted by molar-refractivity contribution is 9.13. The molecule has 0 unspecified atom stereocenters. The quantitative estimate of drug-likeness (QED) is 0.720. The predicted octanol–water partition coefficient (Wildman–Crippen LogP) is 4.46. The lowest BCUT2D eigenvalue weighted by Crippen LogP contribution is -1.67. The van der Waals surface area contributed by atoms with Gasteiger partial charge < -0.3 is 4.98 Å². The molecule has 0 saturated carbocycles. The van der Waals surface area contributed by atoms with E-state index in [1.165, 1.54) is 5.39 Å². The van der Waals surface area contributed by atoms with Crippen LogP contribution in [0.3, 0.4) is 0 Å². The van der Waals surface area contributed by atoms with Crippen molar-refractivity contribution in [2.45, 2.75) is 0 Å². The van der Waals surface area contributed by atoms with Crippen LogP contribution in [0.15, 0.2) is 31.7 Å². The Hall–Kier alpha value is 0.200. The van der Waals surface area contributed by atoms with Crippen molar-refractivity contribution in [2.24, 2.45) is 0 Å². The standard InChI is InChI=1S/C8H4Br3N/c9-4-1-2-5-6(3-4)12-8(11)7(5)10/h1-3,12H. The summed E-state index contributed by atoms with van der Waals surface area (Å²) in [5.74, 6) is 0. The summed E-state index contributed by atoms with van der Waals surface area (Å²) in [5.41, 5.74) is 1.11. The summed E-state index contributed by atoms with van der Waals surface area (Å²) in [5, 5.41) is 1.19. The molecule has 1 heterocycles. The van der Waals surface area contributed by atoms with Gasteiger partial charge in [0.2, 0.25) is 0 Å². The third-order valence-corrected chi connectivity index (χ3v) is 4.10. The molecule has 2 rings (SSSR count). The number of nitrogens with one attached hydrogen (secondary N) is 1. The SMILES string of the molecule is Brc1ccc2c(Br)c(Br)[nH]c2c1. The average molecular weight is 354 g/mol. The third-order valence-electron chi connectivity index (χ3n) is 1.66. The number of hydrogen-bond acceptors (Lipinski definition) is 0. The Bertz CT molecular complexity index is 433.